The lowest BCUT2D eigenvalue weighted by atomic mass is 9.93. The van der Waals surface area contributed by atoms with Gasteiger partial charge in [0.25, 0.3) is 0 Å². The molecule has 0 atom stereocenters. The summed E-state index contributed by atoms with van der Waals surface area (Å²) >= 11 is 0. The molecule has 2 rings (SSSR count). The molecule has 8 heteroatoms. The van der Waals surface area contributed by atoms with E-state index in [4.69, 9.17) is 0 Å². The molecule has 0 aromatic heterocycles. The molecule has 21 heavy (non-hydrogen) atoms. The van der Waals surface area contributed by atoms with Gasteiger partial charge in [-0.3, -0.25) is 9.89 Å². The molecule has 1 fully saturated rings. The maximum Gasteiger partial charge on any atom is 0.401 e. The average molecular weight is 420 g/mol. The van der Waals surface area contributed by atoms with Gasteiger partial charge in [0, 0.05) is 19.6 Å². The maximum absolute atomic E-state index is 12.3. The SMILES string of the molecule is FC(F)(F)CN1CCC(CCNC2=NCCCN2)CC1.I. The van der Waals surface area contributed by atoms with E-state index in [0.29, 0.717) is 19.0 Å². The molecule has 0 aliphatic carbocycles. The zero-order chi connectivity index (χ0) is 14.4. The Morgan fingerprint density at radius 3 is 2.57 bits per heavy atom. The van der Waals surface area contributed by atoms with Gasteiger partial charge in [-0.1, -0.05) is 0 Å². The van der Waals surface area contributed by atoms with Crippen molar-refractivity contribution in [1.82, 2.24) is 15.5 Å². The van der Waals surface area contributed by atoms with Crippen LogP contribution in [0.5, 0.6) is 0 Å². The van der Waals surface area contributed by atoms with Gasteiger partial charge in [0.2, 0.25) is 0 Å². The summed E-state index contributed by atoms with van der Waals surface area (Å²) in [4.78, 5) is 5.84. The number of likely N-dealkylation sites (tertiary alicyclic amines) is 1. The van der Waals surface area contributed by atoms with E-state index in [9.17, 15) is 13.2 Å². The second-order valence-corrected chi connectivity index (χ2v) is 5.56. The zero-order valence-corrected chi connectivity index (χ0v) is 14.4. The van der Waals surface area contributed by atoms with Crippen molar-refractivity contribution < 1.29 is 13.2 Å². The third kappa shape index (κ3) is 7.53. The summed E-state index contributed by atoms with van der Waals surface area (Å²) in [5.41, 5.74) is 0. The quantitative estimate of drug-likeness (QED) is 0.686. The van der Waals surface area contributed by atoms with E-state index in [1.54, 1.807) is 0 Å². The molecule has 2 aliphatic heterocycles. The number of guanidine groups is 1. The van der Waals surface area contributed by atoms with E-state index >= 15 is 0 Å². The Morgan fingerprint density at radius 1 is 1.29 bits per heavy atom. The molecule has 4 nitrogen and oxygen atoms in total. The average Bonchev–Trinajstić information content (AvgIpc) is 2.40. The van der Waals surface area contributed by atoms with E-state index in [1.807, 2.05) is 0 Å². The second-order valence-electron chi connectivity index (χ2n) is 5.56. The highest BCUT2D eigenvalue weighted by atomic mass is 127. The van der Waals surface area contributed by atoms with Crippen LogP contribution < -0.4 is 10.6 Å². The second kappa shape index (κ2) is 9.02. The molecular formula is C13H24F3IN4. The van der Waals surface area contributed by atoms with Crippen LogP contribution in [0.15, 0.2) is 4.99 Å². The monoisotopic (exact) mass is 420 g/mol. The van der Waals surface area contributed by atoms with Crippen molar-refractivity contribution >= 4 is 29.9 Å². The van der Waals surface area contributed by atoms with Gasteiger partial charge in [-0.05, 0) is 44.7 Å². The van der Waals surface area contributed by atoms with Crippen LogP contribution in [-0.4, -0.2) is 56.3 Å². The Labute approximate surface area is 141 Å². The lowest BCUT2D eigenvalue weighted by Crippen LogP contribution is -2.43. The normalized spacial score (nSPS) is 21.2. The fraction of sp³-hybridized carbons (Fsp3) is 0.923. The molecule has 0 saturated carbocycles. The number of hydrogen-bond donors (Lipinski definition) is 2. The number of alkyl halides is 3. The van der Waals surface area contributed by atoms with E-state index in [0.717, 1.165) is 51.3 Å². The minimum absolute atomic E-state index is 0. The van der Waals surface area contributed by atoms with Crippen molar-refractivity contribution in [3.8, 4) is 0 Å². The molecule has 0 amide bonds. The Morgan fingerprint density at radius 2 is 2.00 bits per heavy atom. The van der Waals surface area contributed by atoms with Gasteiger partial charge in [-0.2, -0.15) is 13.2 Å². The molecule has 2 N–H and O–H groups in total. The number of nitrogens with zero attached hydrogens (tertiary/aromatic N) is 2. The summed E-state index contributed by atoms with van der Waals surface area (Å²) in [7, 11) is 0. The fourth-order valence-corrected chi connectivity index (χ4v) is 2.73. The van der Waals surface area contributed by atoms with E-state index in [1.165, 1.54) is 4.90 Å². The number of rotatable bonds is 4. The third-order valence-electron chi connectivity index (χ3n) is 3.85. The Hall–Kier alpha value is -0.250. The molecular weight excluding hydrogens is 396 g/mol. The number of nitrogens with one attached hydrogen (secondary N) is 2. The Bertz CT molecular complexity index is 328. The number of aliphatic imine (C=N–C) groups is 1. The predicted molar refractivity (Wildman–Crippen MR) is 88.2 cm³/mol. The summed E-state index contributed by atoms with van der Waals surface area (Å²) in [6.45, 7) is 3.02. The van der Waals surface area contributed by atoms with Crippen molar-refractivity contribution in [2.24, 2.45) is 10.9 Å². The first kappa shape index (κ1) is 18.8. The first-order valence-corrected chi connectivity index (χ1v) is 7.34. The number of hydrogen-bond acceptors (Lipinski definition) is 4. The largest absolute Gasteiger partial charge is 0.401 e. The van der Waals surface area contributed by atoms with Crippen molar-refractivity contribution in [2.75, 3.05) is 39.3 Å². The molecule has 124 valence electrons. The van der Waals surface area contributed by atoms with Gasteiger partial charge in [0.05, 0.1) is 6.54 Å². The van der Waals surface area contributed by atoms with Gasteiger partial charge in [-0.15, -0.1) is 24.0 Å². The lowest BCUT2D eigenvalue weighted by molar-refractivity contribution is -0.148. The molecule has 0 bridgehead atoms. The van der Waals surface area contributed by atoms with E-state index in [2.05, 4.69) is 15.6 Å². The van der Waals surface area contributed by atoms with Gasteiger partial charge >= 0.3 is 6.18 Å². The maximum atomic E-state index is 12.3. The van der Waals surface area contributed by atoms with Crippen LogP contribution in [0.1, 0.15) is 25.7 Å². The van der Waals surface area contributed by atoms with Crippen molar-refractivity contribution in [2.45, 2.75) is 31.9 Å². The Balaban J connectivity index is 0.00000220. The van der Waals surface area contributed by atoms with Crippen molar-refractivity contribution in [3.05, 3.63) is 0 Å². The van der Waals surface area contributed by atoms with Gasteiger partial charge in [-0.25, -0.2) is 0 Å². The summed E-state index contributed by atoms with van der Waals surface area (Å²) in [5, 5.41) is 6.46. The minimum atomic E-state index is -4.07. The standard InChI is InChI=1S/C13H23F3N4.HI/c14-13(15,16)10-20-8-3-11(4-9-20)2-7-19-12-17-5-1-6-18-12;/h11H,1-10H2,(H2,17,18,19);1H. The first-order valence-electron chi connectivity index (χ1n) is 7.34. The summed E-state index contributed by atoms with van der Waals surface area (Å²) in [5.74, 6) is 1.39. The number of piperidine rings is 1. The van der Waals surface area contributed by atoms with Crippen molar-refractivity contribution in [3.63, 3.8) is 0 Å². The zero-order valence-electron chi connectivity index (χ0n) is 12.1. The summed E-state index contributed by atoms with van der Waals surface area (Å²) < 4.78 is 36.8. The molecule has 0 unspecified atom stereocenters. The van der Waals surface area contributed by atoms with Crippen LogP contribution in [0.2, 0.25) is 0 Å². The predicted octanol–water partition coefficient (Wildman–Crippen LogP) is 2.21. The van der Waals surface area contributed by atoms with Crippen molar-refractivity contribution in [1.29, 1.82) is 0 Å². The molecule has 0 aromatic rings. The highest BCUT2D eigenvalue weighted by Crippen LogP contribution is 2.23. The Kier molecular flexibility index (Phi) is 8.07. The van der Waals surface area contributed by atoms with Crippen LogP contribution in [0, 0.1) is 5.92 Å². The van der Waals surface area contributed by atoms with E-state index in [-0.39, 0.29) is 24.0 Å². The fourth-order valence-electron chi connectivity index (χ4n) is 2.73. The van der Waals surface area contributed by atoms with Crippen LogP contribution in [0.4, 0.5) is 13.2 Å². The van der Waals surface area contributed by atoms with Crippen LogP contribution in [-0.2, 0) is 0 Å². The lowest BCUT2D eigenvalue weighted by Gasteiger charge is -2.32. The van der Waals surface area contributed by atoms with Crippen LogP contribution >= 0.6 is 24.0 Å². The van der Waals surface area contributed by atoms with Gasteiger partial charge < -0.3 is 10.6 Å². The van der Waals surface area contributed by atoms with Gasteiger partial charge in [0.1, 0.15) is 0 Å². The first-order chi connectivity index (χ1) is 9.53. The molecule has 0 spiro atoms. The highest BCUT2D eigenvalue weighted by molar-refractivity contribution is 14.0. The minimum Gasteiger partial charge on any atom is -0.356 e. The van der Waals surface area contributed by atoms with Gasteiger partial charge in [0.15, 0.2) is 5.96 Å². The smallest absolute Gasteiger partial charge is 0.356 e. The third-order valence-corrected chi connectivity index (χ3v) is 3.85. The van der Waals surface area contributed by atoms with E-state index < -0.39 is 12.7 Å². The molecule has 0 aromatic carbocycles. The summed E-state index contributed by atoms with van der Waals surface area (Å²) in [6, 6.07) is 0. The molecule has 2 heterocycles. The molecule has 2 aliphatic rings. The summed E-state index contributed by atoms with van der Waals surface area (Å²) in [6.07, 6.45) is -0.280. The van der Waals surface area contributed by atoms with Crippen LogP contribution in [0.25, 0.3) is 0 Å². The molecule has 0 radical (unpaired) electrons. The highest BCUT2D eigenvalue weighted by Gasteiger charge is 2.32. The number of halogens is 4. The van der Waals surface area contributed by atoms with Crippen LogP contribution in [0.3, 0.4) is 0 Å². The molecule has 1 saturated heterocycles. The topological polar surface area (TPSA) is 39.7 Å².